The zero-order chi connectivity index (χ0) is 20.1. The van der Waals surface area contributed by atoms with Gasteiger partial charge in [0.05, 0.1) is 18.4 Å². The van der Waals surface area contributed by atoms with Gasteiger partial charge in [0.2, 0.25) is 0 Å². The topological polar surface area (TPSA) is 65.1 Å². The highest BCUT2D eigenvalue weighted by molar-refractivity contribution is 7.99. The minimum atomic E-state index is -3.02. The molecule has 28 heavy (non-hydrogen) atoms. The first-order chi connectivity index (χ1) is 13.5. The fourth-order valence-electron chi connectivity index (χ4n) is 2.71. The number of benzene rings is 2. The molecule has 148 valence electrons. The molecule has 0 fully saturated rings. The number of halogens is 2. The van der Waals surface area contributed by atoms with Crippen molar-refractivity contribution in [3.8, 4) is 11.5 Å². The van der Waals surface area contributed by atoms with Gasteiger partial charge in [-0.2, -0.15) is 8.78 Å². The maximum atomic E-state index is 12.5. The summed E-state index contributed by atoms with van der Waals surface area (Å²) in [5.74, 6) is -0.601. The molecule has 2 aromatic carbocycles. The molecule has 1 amide bonds. The van der Waals surface area contributed by atoms with Crippen LogP contribution in [0.1, 0.15) is 10.4 Å². The van der Waals surface area contributed by atoms with Gasteiger partial charge in [0.15, 0.2) is 18.1 Å². The van der Waals surface area contributed by atoms with E-state index in [1.807, 2.05) is 24.3 Å². The lowest BCUT2D eigenvalue weighted by Gasteiger charge is -2.28. The fraction of sp³-hybridized carbons (Fsp3) is 0.263. The van der Waals surface area contributed by atoms with Crippen molar-refractivity contribution in [2.24, 2.45) is 0 Å². The second-order valence-corrected chi connectivity index (χ2v) is 6.82. The Hall–Kier alpha value is -2.81. The summed E-state index contributed by atoms with van der Waals surface area (Å²) < 4.78 is 39.1. The number of alkyl halides is 2. The van der Waals surface area contributed by atoms with Crippen LogP contribution < -0.4 is 14.4 Å². The molecule has 0 spiro atoms. The number of hydrogen-bond acceptors (Lipinski definition) is 6. The van der Waals surface area contributed by atoms with E-state index in [2.05, 4.69) is 4.74 Å². The van der Waals surface area contributed by atoms with Gasteiger partial charge < -0.3 is 19.1 Å². The van der Waals surface area contributed by atoms with Gasteiger partial charge in [-0.1, -0.05) is 12.1 Å². The van der Waals surface area contributed by atoms with Crippen LogP contribution in [0.25, 0.3) is 0 Å². The largest absolute Gasteiger partial charge is 0.493 e. The number of esters is 1. The molecular weight excluding hydrogens is 392 g/mol. The third-order valence-corrected chi connectivity index (χ3v) is 5.01. The number of ether oxygens (including phenoxy) is 3. The van der Waals surface area contributed by atoms with Crippen LogP contribution in [0.5, 0.6) is 11.5 Å². The number of fused-ring (bicyclic) bond motifs is 1. The molecule has 0 atom stereocenters. The Labute approximate surface area is 164 Å². The van der Waals surface area contributed by atoms with E-state index in [-0.39, 0.29) is 23.0 Å². The van der Waals surface area contributed by atoms with Crippen molar-refractivity contribution < 1.29 is 32.6 Å². The number of carbonyl (C=O) groups is 2. The number of methoxy groups -OCH3 is 1. The molecule has 0 bridgehead atoms. The molecule has 0 saturated heterocycles. The zero-order valence-electron chi connectivity index (χ0n) is 14.9. The molecule has 0 N–H and O–H groups in total. The third-order valence-electron chi connectivity index (χ3n) is 3.97. The number of carbonyl (C=O) groups excluding carboxylic acids is 2. The zero-order valence-corrected chi connectivity index (χ0v) is 15.7. The molecule has 0 saturated carbocycles. The summed E-state index contributed by atoms with van der Waals surface area (Å²) in [6, 6.07) is 11.2. The Morgan fingerprint density at radius 1 is 1.18 bits per heavy atom. The lowest BCUT2D eigenvalue weighted by molar-refractivity contribution is -0.121. The summed E-state index contributed by atoms with van der Waals surface area (Å²) in [6.45, 7) is -2.93. The summed E-state index contributed by atoms with van der Waals surface area (Å²) in [5, 5.41) is 0. The first-order valence-electron chi connectivity index (χ1n) is 8.31. The summed E-state index contributed by atoms with van der Waals surface area (Å²) in [6.07, 6.45) is 0. The van der Waals surface area contributed by atoms with Crippen molar-refractivity contribution >= 4 is 29.3 Å². The molecule has 3 rings (SSSR count). The Kier molecular flexibility index (Phi) is 6.35. The van der Waals surface area contributed by atoms with E-state index in [1.54, 1.807) is 16.7 Å². The van der Waals surface area contributed by atoms with Crippen LogP contribution in [0.15, 0.2) is 47.4 Å². The average molecular weight is 409 g/mol. The van der Waals surface area contributed by atoms with E-state index >= 15 is 0 Å². The van der Waals surface area contributed by atoms with Crippen molar-refractivity contribution in [3.63, 3.8) is 0 Å². The number of amides is 1. The van der Waals surface area contributed by atoms with Crippen LogP contribution in [-0.4, -0.2) is 44.5 Å². The van der Waals surface area contributed by atoms with Gasteiger partial charge in [0, 0.05) is 17.2 Å². The lowest BCUT2D eigenvalue weighted by Crippen LogP contribution is -2.38. The highest BCUT2D eigenvalue weighted by Gasteiger charge is 2.24. The van der Waals surface area contributed by atoms with Crippen LogP contribution >= 0.6 is 11.8 Å². The lowest BCUT2D eigenvalue weighted by atomic mass is 10.2. The first-order valence-corrected chi connectivity index (χ1v) is 9.30. The van der Waals surface area contributed by atoms with Crippen molar-refractivity contribution in [3.05, 3.63) is 48.0 Å². The number of para-hydroxylation sites is 1. The monoisotopic (exact) mass is 409 g/mol. The normalized spacial score (nSPS) is 13.1. The van der Waals surface area contributed by atoms with Crippen LogP contribution in [0.3, 0.4) is 0 Å². The summed E-state index contributed by atoms with van der Waals surface area (Å²) in [5.41, 5.74) is 0.843. The summed E-state index contributed by atoms with van der Waals surface area (Å²) in [7, 11) is 1.26. The number of hydrogen-bond donors (Lipinski definition) is 0. The van der Waals surface area contributed by atoms with Crippen molar-refractivity contribution in [2.75, 3.05) is 30.9 Å². The van der Waals surface area contributed by atoms with E-state index in [9.17, 15) is 18.4 Å². The molecule has 0 unspecified atom stereocenters. The average Bonchev–Trinajstić information content (AvgIpc) is 2.71. The quantitative estimate of drug-likeness (QED) is 0.680. The Balaban J connectivity index is 1.65. The molecular formula is C19H17F2NO5S. The first kappa shape index (κ1) is 19.9. The summed E-state index contributed by atoms with van der Waals surface area (Å²) in [4.78, 5) is 27.3. The predicted molar refractivity (Wildman–Crippen MR) is 99.4 cm³/mol. The SMILES string of the molecule is COc1cc(C(=O)OCC(=O)N2CCSc3ccccc32)ccc1OC(F)F. The maximum absolute atomic E-state index is 12.5. The van der Waals surface area contributed by atoms with Crippen molar-refractivity contribution in [1.82, 2.24) is 0 Å². The molecule has 9 heteroatoms. The summed E-state index contributed by atoms with van der Waals surface area (Å²) >= 11 is 1.66. The van der Waals surface area contributed by atoms with Gasteiger partial charge in [0.25, 0.3) is 5.91 Å². The maximum Gasteiger partial charge on any atom is 0.387 e. The minimum Gasteiger partial charge on any atom is -0.493 e. The Morgan fingerprint density at radius 3 is 2.71 bits per heavy atom. The second kappa shape index (κ2) is 8.92. The molecule has 0 aromatic heterocycles. The molecule has 1 heterocycles. The second-order valence-electron chi connectivity index (χ2n) is 5.68. The van der Waals surface area contributed by atoms with Crippen molar-refractivity contribution in [2.45, 2.75) is 11.5 Å². The number of thioether (sulfide) groups is 1. The van der Waals surface area contributed by atoms with Gasteiger partial charge in [-0.3, -0.25) is 4.79 Å². The minimum absolute atomic E-state index is 0.0388. The third kappa shape index (κ3) is 4.53. The Bertz CT molecular complexity index is 877. The van der Waals surface area contributed by atoms with E-state index < -0.39 is 19.2 Å². The van der Waals surface area contributed by atoms with Gasteiger partial charge in [-0.25, -0.2) is 4.79 Å². The fourth-order valence-corrected chi connectivity index (χ4v) is 3.70. The molecule has 6 nitrogen and oxygen atoms in total. The van der Waals surface area contributed by atoms with E-state index in [4.69, 9.17) is 9.47 Å². The van der Waals surface area contributed by atoms with Gasteiger partial charge in [-0.05, 0) is 30.3 Å². The van der Waals surface area contributed by atoms with E-state index in [0.717, 1.165) is 16.3 Å². The molecule has 1 aliphatic rings. The van der Waals surface area contributed by atoms with Gasteiger partial charge in [0.1, 0.15) is 0 Å². The molecule has 0 radical (unpaired) electrons. The molecule has 1 aliphatic heterocycles. The smallest absolute Gasteiger partial charge is 0.387 e. The van der Waals surface area contributed by atoms with Crippen molar-refractivity contribution in [1.29, 1.82) is 0 Å². The van der Waals surface area contributed by atoms with Crippen LogP contribution in [0.2, 0.25) is 0 Å². The molecule has 2 aromatic rings. The number of rotatable bonds is 6. The van der Waals surface area contributed by atoms with Crippen LogP contribution in [-0.2, 0) is 9.53 Å². The predicted octanol–water partition coefficient (Wildman–Crippen LogP) is 3.59. The molecule has 0 aliphatic carbocycles. The van der Waals surface area contributed by atoms with E-state index in [0.29, 0.717) is 6.54 Å². The highest BCUT2D eigenvalue weighted by atomic mass is 32.2. The van der Waals surface area contributed by atoms with E-state index in [1.165, 1.54) is 25.3 Å². The van der Waals surface area contributed by atoms with Gasteiger partial charge >= 0.3 is 12.6 Å². The standard InChI is InChI=1S/C19H17F2NO5S/c1-25-15-10-12(6-7-14(15)27-19(20)21)18(24)26-11-17(23)22-8-9-28-16-5-3-2-4-13(16)22/h2-7,10,19H,8-9,11H2,1H3. The number of nitrogens with zero attached hydrogens (tertiary/aromatic N) is 1. The highest BCUT2D eigenvalue weighted by Crippen LogP contribution is 2.34. The van der Waals surface area contributed by atoms with Gasteiger partial charge in [-0.15, -0.1) is 11.8 Å². The Morgan fingerprint density at radius 2 is 1.96 bits per heavy atom. The van der Waals surface area contributed by atoms with Crippen LogP contribution in [0, 0.1) is 0 Å². The van der Waals surface area contributed by atoms with Crippen LogP contribution in [0.4, 0.5) is 14.5 Å². The number of anilines is 1.